The minimum atomic E-state index is -0.355. The van der Waals surface area contributed by atoms with Crippen molar-refractivity contribution in [1.29, 1.82) is 0 Å². The number of hydrogen-bond acceptors (Lipinski definition) is 2. The lowest BCUT2D eigenvalue weighted by atomic mass is 10.0. The molecule has 0 fully saturated rings. The monoisotopic (exact) mass is 196 g/mol. The van der Waals surface area contributed by atoms with Gasteiger partial charge in [0.05, 0.1) is 12.3 Å². The zero-order valence-corrected chi connectivity index (χ0v) is 9.49. The van der Waals surface area contributed by atoms with Crippen LogP contribution in [0, 0.1) is 12.8 Å². The lowest BCUT2D eigenvalue weighted by Gasteiger charge is -2.11. The van der Waals surface area contributed by atoms with Crippen molar-refractivity contribution < 1.29 is 5.11 Å². The van der Waals surface area contributed by atoms with Crippen LogP contribution in [0.1, 0.15) is 44.1 Å². The van der Waals surface area contributed by atoms with Crippen molar-refractivity contribution in [3.63, 3.8) is 0 Å². The van der Waals surface area contributed by atoms with Crippen LogP contribution in [0.4, 0.5) is 0 Å². The first kappa shape index (κ1) is 11.2. The van der Waals surface area contributed by atoms with Crippen LogP contribution in [0.15, 0.2) is 6.20 Å². The highest BCUT2D eigenvalue weighted by molar-refractivity contribution is 5.18. The van der Waals surface area contributed by atoms with Crippen LogP contribution in [0.5, 0.6) is 0 Å². The molecule has 0 saturated carbocycles. The Morgan fingerprint density at radius 3 is 2.50 bits per heavy atom. The molecule has 1 aromatic rings. The largest absolute Gasteiger partial charge is 0.388 e. The predicted molar refractivity (Wildman–Crippen MR) is 57.0 cm³/mol. The van der Waals surface area contributed by atoms with Crippen LogP contribution in [0.2, 0.25) is 0 Å². The molecule has 1 rings (SSSR count). The number of nitrogens with zero attached hydrogens (tertiary/aromatic N) is 2. The fourth-order valence-corrected chi connectivity index (χ4v) is 1.49. The predicted octanol–water partition coefficient (Wildman–Crippen LogP) is 2.20. The second-order valence-electron chi connectivity index (χ2n) is 4.30. The first-order valence-corrected chi connectivity index (χ1v) is 5.19. The maximum atomic E-state index is 9.91. The summed E-state index contributed by atoms with van der Waals surface area (Å²) in [5.41, 5.74) is 2.02. The number of rotatable bonds is 4. The fourth-order valence-electron chi connectivity index (χ4n) is 1.49. The average Bonchev–Trinajstić information content (AvgIpc) is 2.44. The average molecular weight is 196 g/mol. The minimum Gasteiger partial charge on any atom is -0.388 e. The van der Waals surface area contributed by atoms with E-state index in [1.807, 2.05) is 14.0 Å². The van der Waals surface area contributed by atoms with Crippen molar-refractivity contribution in [2.45, 2.75) is 39.7 Å². The molecule has 0 aliphatic rings. The molecular formula is C11H20N2O. The van der Waals surface area contributed by atoms with Crippen molar-refractivity contribution in [3.05, 3.63) is 17.5 Å². The molecule has 1 aromatic heterocycles. The van der Waals surface area contributed by atoms with Crippen LogP contribution in [-0.4, -0.2) is 14.9 Å². The third-order valence-corrected chi connectivity index (χ3v) is 2.65. The van der Waals surface area contributed by atoms with E-state index in [1.165, 1.54) is 0 Å². The third-order valence-electron chi connectivity index (χ3n) is 2.65. The van der Waals surface area contributed by atoms with Crippen LogP contribution < -0.4 is 0 Å². The maximum Gasteiger partial charge on any atom is 0.0823 e. The molecule has 0 amide bonds. The Morgan fingerprint density at radius 2 is 2.07 bits per heavy atom. The zero-order chi connectivity index (χ0) is 10.7. The maximum absolute atomic E-state index is 9.91. The lowest BCUT2D eigenvalue weighted by Crippen LogP contribution is -2.02. The fraction of sp³-hybridized carbons (Fsp3) is 0.727. The molecule has 0 saturated heterocycles. The first-order chi connectivity index (χ1) is 6.52. The molecule has 0 aliphatic carbocycles. The molecule has 0 radical (unpaired) electrons. The zero-order valence-electron chi connectivity index (χ0n) is 9.49. The molecule has 1 unspecified atom stereocenters. The van der Waals surface area contributed by atoms with Crippen LogP contribution in [0.3, 0.4) is 0 Å². The van der Waals surface area contributed by atoms with Gasteiger partial charge in [-0.2, -0.15) is 5.10 Å². The van der Waals surface area contributed by atoms with E-state index in [-0.39, 0.29) is 6.10 Å². The van der Waals surface area contributed by atoms with Crippen molar-refractivity contribution in [2.75, 3.05) is 0 Å². The van der Waals surface area contributed by atoms with E-state index in [9.17, 15) is 5.11 Å². The molecule has 3 nitrogen and oxygen atoms in total. The Bertz CT molecular complexity index is 291. The highest BCUT2D eigenvalue weighted by Gasteiger charge is 2.13. The highest BCUT2D eigenvalue weighted by Crippen LogP contribution is 2.22. The third kappa shape index (κ3) is 2.58. The van der Waals surface area contributed by atoms with Gasteiger partial charge in [0.15, 0.2) is 0 Å². The molecule has 14 heavy (non-hydrogen) atoms. The summed E-state index contributed by atoms with van der Waals surface area (Å²) in [6, 6.07) is 0. The van der Waals surface area contributed by atoms with Gasteiger partial charge in [0.2, 0.25) is 0 Å². The Kier molecular flexibility index (Phi) is 3.69. The van der Waals surface area contributed by atoms with Crippen LogP contribution in [0.25, 0.3) is 0 Å². The van der Waals surface area contributed by atoms with E-state index in [4.69, 9.17) is 0 Å². The molecule has 0 spiro atoms. The molecule has 3 heteroatoms. The number of hydrogen-bond donors (Lipinski definition) is 1. The van der Waals surface area contributed by atoms with Gasteiger partial charge in [-0.05, 0) is 25.7 Å². The van der Waals surface area contributed by atoms with Gasteiger partial charge < -0.3 is 5.11 Å². The summed E-state index contributed by atoms with van der Waals surface area (Å²) < 4.78 is 1.80. The summed E-state index contributed by atoms with van der Waals surface area (Å²) in [5, 5.41) is 14.0. The molecule has 1 heterocycles. The Morgan fingerprint density at radius 1 is 1.43 bits per heavy atom. The quantitative estimate of drug-likeness (QED) is 0.801. The van der Waals surface area contributed by atoms with Crippen molar-refractivity contribution in [1.82, 2.24) is 9.78 Å². The van der Waals surface area contributed by atoms with E-state index < -0.39 is 0 Å². The second kappa shape index (κ2) is 4.60. The molecular weight excluding hydrogens is 176 g/mol. The van der Waals surface area contributed by atoms with E-state index in [2.05, 4.69) is 18.9 Å². The van der Waals surface area contributed by atoms with Gasteiger partial charge >= 0.3 is 0 Å². The Balaban J connectivity index is 2.60. The lowest BCUT2D eigenvalue weighted by molar-refractivity contribution is 0.158. The highest BCUT2D eigenvalue weighted by atomic mass is 16.3. The standard InChI is InChI=1S/C11H20N2O/c1-8(2)5-6-11(14)10-7-12-13(4)9(10)3/h7-8,11,14H,5-6H2,1-4H3. The summed E-state index contributed by atoms with van der Waals surface area (Å²) in [6.45, 7) is 6.33. The van der Waals surface area contributed by atoms with E-state index >= 15 is 0 Å². The van der Waals surface area contributed by atoms with Gasteiger partial charge in [-0.25, -0.2) is 0 Å². The Labute approximate surface area is 85.8 Å². The number of aromatic nitrogens is 2. The smallest absolute Gasteiger partial charge is 0.0823 e. The molecule has 0 bridgehead atoms. The molecule has 0 aromatic carbocycles. The summed E-state index contributed by atoms with van der Waals surface area (Å²) in [6.07, 6.45) is 3.28. The van der Waals surface area contributed by atoms with Crippen LogP contribution >= 0.6 is 0 Å². The number of aryl methyl sites for hydroxylation is 1. The summed E-state index contributed by atoms with van der Waals surface area (Å²) in [7, 11) is 1.90. The minimum absolute atomic E-state index is 0.355. The SMILES string of the molecule is Cc1c(C(O)CCC(C)C)cnn1C. The van der Waals surface area contributed by atoms with Gasteiger partial charge in [-0.1, -0.05) is 13.8 Å². The topological polar surface area (TPSA) is 38.1 Å². The Hall–Kier alpha value is -0.830. The summed E-state index contributed by atoms with van der Waals surface area (Å²) in [5.74, 6) is 0.640. The first-order valence-electron chi connectivity index (χ1n) is 5.19. The van der Waals surface area contributed by atoms with Gasteiger partial charge in [0.25, 0.3) is 0 Å². The van der Waals surface area contributed by atoms with Gasteiger partial charge in [0, 0.05) is 18.3 Å². The van der Waals surface area contributed by atoms with E-state index in [1.54, 1.807) is 10.9 Å². The van der Waals surface area contributed by atoms with Gasteiger partial charge in [0.1, 0.15) is 0 Å². The molecule has 80 valence electrons. The van der Waals surface area contributed by atoms with E-state index in [0.29, 0.717) is 5.92 Å². The van der Waals surface area contributed by atoms with Crippen molar-refractivity contribution >= 4 is 0 Å². The van der Waals surface area contributed by atoms with Crippen molar-refractivity contribution in [3.8, 4) is 0 Å². The second-order valence-corrected chi connectivity index (χ2v) is 4.30. The molecule has 0 aliphatic heterocycles. The number of aliphatic hydroxyl groups excluding tert-OH is 1. The molecule has 1 atom stereocenters. The van der Waals surface area contributed by atoms with Crippen molar-refractivity contribution in [2.24, 2.45) is 13.0 Å². The summed E-state index contributed by atoms with van der Waals surface area (Å²) in [4.78, 5) is 0. The molecule has 1 N–H and O–H groups in total. The number of aliphatic hydroxyl groups is 1. The summed E-state index contributed by atoms with van der Waals surface area (Å²) >= 11 is 0. The van der Waals surface area contributed by atoms with Gasteiger partial charge in [-0.15, -0.1) is 0 Å². The van der Waals surface area contributed by atoms with Gasteiger partial charge in [-0.3, -0.25) is 4.68 Å². The van der Waals surface area contributed by atoms with E-state index in [0.717, 1.165) is 24.1 Å². The van der Waals surface area contributed by atoms with Crippen LogP contribution in [-0.2, 0) is 7.05 Å². The normalized spacial score (nSPS) is 13.6.